The van der Waals surface area contributed by atoms with Gasteiger partial charge in [0, 0.05) is 37.4 Å². The van der Waals surface area contributed by atoms with E-state index in [9.17, 15) is 9.59 Å². The number of amides is 2. The van der Waals surface area contributed by atoms with E-state index in [4.69, 9.17) is 11.6 Å². The summed E-state index contributed by atoms with van der Waals surface area (Å²) < 4.78 is 0. The molecular weight excluding hydrogens is 436 g/mol. The number of benzene rings is 2. The van der Waals surface area contributed by atoms with E-state index in [0.29, 0.717) is 53.7 Å². The minimum atomic E-state index is -0.307. The summed E-state index contributed by atoms with van der Waals surface area (Å²) in [6, 6.07) is 20.4. The van der Waals surface area contributed by atoms with Gasteiger partial charge in [0.05, 0.1) is 11.3 Å². The molecule has 0 saturated carbocycles. The summed E-state index contributed by atoms with van der Waals surface area (Å²) in [7, 11) is 0. The van der Waals surface area contributed by atoms with Crippen molar-refractivity contribution >= 4 is 40.5 Å². The van der Waals surface area contributed by atoms with E-state index < -0.39 is 0 Å². The number of pyridine rings is 1. The number of aryl methyl sites for hydroxylation is 1. The highest BCUT2D eigenvalue weighted by atomic mass is 35.5. The zero-order valence-electron chi connectivity index (χ0n) is 18.2. The van der Waals surface area contributed by atoms with Gasteiger partial charge in [-0.25, -0.2) is 9.88 Å². The number of nitrogens with zero attached hydrogens (tertiary/aromatic N) is 4. The Kier molecular flexibility index (Phi) is 5.60. The van der Waals surface area contributed by atoms with Gasteiger partial charge in [0.25, 0.3) is 11.8 Å². The molecule has 0 bridgehead atoms. The van der Waals surface area contributed by atoms with Crippen LogP contribution in [0.4, 0.5) is 11.5 Å². The Hall–Kier alpha value is -3.64. The summed E-state index contributed by atoms with van der Waals surface area (Å²) in [6.45, 7) is 4.55. The van der Waals surface area contributed by atoms with Gasteiger partial charge in [-0.1, -0.05) is 48.0 Å². The van der Waals surface area contributed by atoms with Gasteiger partial charge in [-0.15, -0.1) is 0 Å². The molecule has 3 heterocycles. The quantitative estimate of drug-likeness (QED) is 0.550. The molecule has 5 rings (SSSR count). The Morgan fingerprint density at radius 1 is 0.788 bits per heavy atom. The molecule has 166 valence electrons. The maximum Gasteiger partial charge on any atom is 0.282 e. The first kappa shape index (κ1) is 21.2. The summed E-state index contributed by atoms with van der Waals surface area (Å²) in [5, 5.41) is 0.581. The van der Waals surface area contributed by atoms with Crippen LogP contribution in [-0.4, -0.2) is 47.9 Å². The fraction of sp³-hybridized carbons (Fsp3) is 0.192. The van der Waals surface area contributed by atoms with Crippen LogP contribution < -0.4 is 9.80 Å². The van der Waals surface area contributed by atoms with Crippen molar-refractivity contribution in [3.8, 4) is 0 Å². The molecule has 2 aliphatic rings. The summed E-state index contributed by atoms with van der Waals surface area (Å²) in [6.07, 6.45) is 1.78. The number of aromatic nitrogens is 1. The maximum absolute atomic E-state index is 13.7. The average Bonchev–Trinajstić information content (AvgIpc) is 3.10. The van der Waals surface area contributed by atoms with Crippen LogP contribution in [0.5, 0.6) is 0 Å². The van der Waals surface area contributed by atoms with E-state index >= 15 is 0 Å². The molecule has 0 atom stereocenters. The van der Waals surface area contributed by atoms with Crippen molar-refractivity contribution < 1.29 is 9.59 Å². The van der Waals surface area contributed by atoms with Crippen molar-refractivity contribution in [2.45, 2.75) is 6.92 Å². The molecule has 7 heteroatoms. The molecule has 2 amide bonds. The standard InChI is InChI=1S/C26H23ClN4O2/c1-18-6-2-3-7-21(18)31-25(32)23(19-9-11-20(27)12-10-19)24(26(31)33)30-16-14-29(15-17-30)22-8-4-5-13-28-22/h2-13H,14-17H2,1H3. The lowest BCUT2D eigenvalue weighted by molar-refractivity contribution is -0.120. The number of carbonyl (C=O) groups excluding carboxylic acids is 2. The largest absolute Gasteiger partial charge is 0.363 e. The predicted octanol–water partition coefficient (Wildman–Crippen LogP) is 4.15. The zero-order valence-corrected chi connectivity index (χ0v) is 19.0. The molecule has 0 N–H and O–H groups in total. The summed E-state index contributed by atoms with van der Waals surface area (Å²) in [5.41, 5.74) is 3.05. The van der Waals surface area contributed by atoms with Crippen molar-refractivity contribution in [3.63, 3.8) is 0 Å². The third kappa shape index (κ3) is 3.87. The molecule has 33 heavy (non-hydrogen) atoms. The number of para-hydroxylation sites is 1. The normalized spacial score (nSPS) is 16.7. The first-order valence-electron chi connectivity index (χ1n) is 10.9. The van der Waals surface area contributed by atoms with Crippen molar-refractivity contribution in [2.75, 3.05) is 36.0 Å². The Bertz CT molecular complexity index is 1230. The van der Waals surface area contributed by atoms with Crippen molar-refractivity contribution in [1.82, 2.24) is 9.88 Å². The summed E-state index contributed by atoms with van der Waals surface area (Å²) in [4.78, 5) is 37.4. The lowest BCUT2D eigenvalue weighted by atomic mass is 10.0. The van der Waals surface area contributed by atoms with Crippen LogP contribution in [0.15, 0.2) is 78.6 Å². The SMILES string of the molecule is Cc1ccccc1N1C(=O)C(c2ccc(Cl)cc2)=C(N2CCN(c3ccccn3)CC2)C1=O. The minimum Gasteiger partial charge on any atom is -0.363 e. The fourth-order valence-electron chi connectivity index (χ4n) is 4.42. The smallest absolute Gasteiger partial charge is 0.282 e. The number of hydrogen-bond acceptors (Lipinski definition) is 5. The molecule has 2 aliphatic heterocycles. The zero-order chi connectivity index (χ0) is 22.9. The molecule has 1 aromatic heterocycles. The third-order valence-electron chi connectivity index (χ3n) is 6.12. The number of rotatable bonds is 4. The van der Waals surface area contributed by atoms with Crippen molar-refractivity contribution in [1.29, 1.82) is 0 Å². The molecule has 0 unspecified atom stereocenters. The van der Waals surface area contributed by atoms with Crippen LogP contribution in [0.1, 0.15) is 11.1 Å². The third-order valence-corrected chi connectivity index (χ3v) is 6.37. The van der Waals surface area contributed by atoms with Crippen LogP contribution in [0.25, 0.3) is 5.57 Å². The fourth-order valence-corrected chi connectivity index (χ4v) is 4.55. The van der Waals surface area contributed by atoms with Crippen LogP contribution >= 0.6 is 11.6 Å². The Labute approximate surface area is 197 Å². The first-order valence-corrected chi connectivity index (χ1v) is 11.3. The van der Waals surface area contributed by atoms with E-state index in [1.54, 1.807) is 30.5 Å². The van der Waals surface area contributed by atoms with Crippen LogP contribution in [0.2, 0.25) is 5.02 Å². The van der Waals surface area contributed by atoms with Crippen LogP contribution in [0.3, 0.4) is 0 Å². The highest BCUT2D eigenvalue weighted by Gasteiger charge is 2.43. The molecule has 2 aromatic carbocycles. The van der Waals surface area contributed by atoms with Crippen LogP contribution in [-0.2, 0) is 9.59 Å². The van der Waals surface area contributed by atoms with Gasteiger partial charge in [-0.3, -0.25) is 9.59 Å². The Balaban J connectivity index is 1.52. The Morgan fingerprint density at radius 3 is 2.12 bits per heavy atom. The molecule has 1 saturated heterocycles. The number of carbonyl (C=O) groups is 2. The number of hydrogen-bond donors (Lipinski definition) is 0. The number of anilines is 2. The highest BCUT2D eigenvalue weighted by Crippen LogP contribution is 2.36. The second-order valence-electron chi connectivity index (χ2n) is 8.12. The predicted molar refractivity (Wildman–Crippen MR) is 130 cm³/mol. The van der Waals surface area contributed by atoms with Crippen molar-refractivity contribution in [3.05, 3.63) is 94.8 Å². The van der Waals surface area contributed by atoms with E-state index in [1.807, 2.05) is 54.3 Å². The summed E-state index contributed by atoms with van der Waals surface area (Å²) in [5.74, 6) is 0.323. The maximum atomic E-state index is 13.7. The lowest BCUT2D eigenvalue weighted by Gasteiger charge is -2.37. The van der Waals surface area contributed by atoms with Gasteiger partial charge in [0.2, 0.25) is 0 Å². The monoisotopic (exact) mass is 458 g/mol. The number of imide groups is 1. The second kappa shape index (κ2) is 8.71. The van der Waals surface area contributed by atoms with E-state index in [2.05, 4.69) is 9.88 Å². The molecule has 0 aliphatic carbocycles. The minimum absolute atomic E-state index is 0.287. The van der Waals surface area contributed by atoms with Gasteiger partial charge in [-0.05, 0) is 48.4 Å². The molecule has 1 fully saturated rings. The van der Waals surface area contributed by atoms with Gasteiger partial charge < -0.3 is 9.80 Å². The topological polar surface area (TPSA) is 56.8 Å². The Morgan fingerprint density at radius 2 is 1.45 bits per heavy atom. The molecule has 6 nitrogen and oxygen atoms in total. The van der Waals surface area contributed by atoms with Crippen LogP contribution in [0, 0.1) is 6.92 Å². The van der Waals surface area contributed by atoms with E-state index in [-0.39, 0.29) is 11.8 Å². The lowest BCUT2D eigenvalue weighted by Crippen LogP contribution is -2.48. The molecule has 0 radical (unpaired) electrons. The molecule has 0 spiro atoms. The first-order chi connectivity index (χ1) is 16.0. The summed E-state index contributed by atoms with van der Waals surface area (Å²) >= 11 is 6.09. The van der Waals surface area contributed by atoms with E-state index in [1.165, 1.54) is 4.90 Å². The second-order valence-corrected chi connectivity index (χ2v) is 8.56. The highest BCUT2D eigenvalue weighted by molar-refractivity contribution is 6.45. The number of piperazine rings is 1. The average molecular weight is 459 g/mol. The van der Waals surface area contributed by atoms with Crippen molar-refractivity contribution in [2.24, 2.45) is 0 Å². The van der Waals surface area contributed by atoms with Gasteiger partial charge in [-0.2, -0.15) is 0 Å². The van der Waals surface area contributed by atoms with E-state index in [0.717, 1.165) is 11.4 Å². The molecule has 3 aromatic rings. The van der Waals surface area contributed by atoms with Gasteiger partial charge in [0.1, 0.15) is 11.5 Å². The van der Waals surface area contributed by atoms with Gasteiger partial charge >= 0.3 is 0 Å². The van der Waals surface area contributed by atoms with Gasteiger partial charge in [0.15, 0.2) is 0 Å². The molecular formula is C26H23ClN4O2. The number of halogens is 1.